The highest BCUT2D eigenvalue weighted by molar-refractivity contribution is 6.31. The average Bonchev–Trinajstić information content (AvgIpc) is 2.94. The summed E-state index contributed by atoms with van der Waals surface area (Å²) in [6.07, 6.45) is 0. The molecule has 7 nitrogen and oxygen atoms in total. The predicted octanol–water partition coefficient (Wildman–Crippen LogP) is 2.57. The second kappa shape index (κ2) is 7.15. The summed E-state index contributed by atoms with van der Waals surface area (Å²) in [6.45, 7) is 3.59. The summed E-state index contributed by atoms with van der Waals surface area (Å²) in [4.78, 5) is 23.2. The molecule has 0 radical (unpaired) electrons. The fourth-order valence-electron chi connectivity index (χ4n) is 1.76. The van der Waals surface area contributed by atoms with E-state index in [1.807, 2.05) is 13.8 Å². The minimum Gasteiger partial charge on any atom is -0.483 e. The molecule has 2 aromatic rings. The highest BCUT2D eigenvalue weighted by Gasteiger charge is 2.14. The van der Waals surface area contributed by atoms with E-state index in [1.165, 1.54) is 18.2 Å². The third-order valence-electron chi connectivity index (χ3n) is 2.95. The number of nitrogens with one attached hydrogen (secondary N) is 1. The molecule has 0 saturated heterocycles. The Morgan fingerprint density at radius 2 is 2.13 bits per heavy atom. The van der Waals surface area contributed by atoms with Crippen molar-refractivity contribution in [3.05, 3.63) is 40.5 Å². The maximum absolute atomic E-state index is 11.8. The number of amides is 2. The van der Waals surface area contributed by atoms with E-state index in [-0.39, 0.29) is 29.7 Å². The van der Waals surface area contributed by atoms with Crippen LogP contribution in [0.15, 0.2) is 28.8 Å². The molecule has 0 fully saturated rings. The molecule has 0 aliphatic carbocycles. The standard InChI is InChI=1S/C15H16ClN3O4/c1-8(2)11-6-14(23-19-11)18-13(20)7-22-12-4-3-9(16)5-10(12)15(17)21/h3-6,8H,7H2,1-2H3,(H2,17,21)(H,18,20). The Hall–Kier alpha value is -2.54. The summed E-state index contributed by atoms with van der Waals surface area (Å²) in [5.41, 5.74) is 6.08. The molecule has 0 aliphatic rings. The lowest BCUT2D eigenvalue weighted by molar-refractivity contribution is -0.118. The topological polar surface area (TPSA) is 107 Å². The quantitative estimate of drug-likeness (QED) is 0.842. The number of benzene rings is 1. The Bertz CT molecular complexity index is 727. The van der Waals surface area contributed by atoms with Gasteiger partial charge in [-0.2, -0.15) is 0 Å². The Labute approximate surface area is 137 Å². The fraction of sp³-hybridized carbons (Fsp3) is 0.267. The molecule has 0 saturated carbocycles. The monoisotopic (exact) mass is 337 g/mol. The molecule has 0 bridgehead atoms. The molecule has 3 N–H and O–H groups in total. The van der Waals surface area contributed by atoms with Gasteiger partial charge in [-0.25, -0.2) is 0 Å². The van der Waals surface area contributed by atoms with Crippen molar-refractivity contribution < 1.29 is 18.8 Å². The van der Waals surface area contributed by atoms with Gasteiger partial charge < -0.3 is 15.0 Å². The number of halogens is 1. The lowest BCUT2D eigenvalue weighted by Crippen LogP contribution is -2.21. The van der Waals surface area contributed by atoms with Gasteiger partial charge in [-0.05, 0) is 24.1 Å². The Kier molecular flexibility index (Phi) is 5.23. The van der Waals surface area contributed by atoms with Crippen molar-refractivity contribution in [1.82, 2.24) is 5.16 Å². The summed E-state index contributed by atoms with van der Waals surface area (Å²) >= 11 is 5.80. The summed E-state index contributed by atoms with van der Waals surface area (Å²) in [7, 11) is 0. The number of carbonyl (C=O) groups excluding carboxylic acids is 2. The first-order chi connectivity index (χ1) is 10.9. The van der Waals surface area contributed by atoms with Gasteiger partial charge in [0, 0.05) is 11.1 Å². The van der Waals surface area contributed by atoms with Gasteiger partial charge in [-0.1, -0.05) is 30.6 Å². The molecule has 2 amide bonds. The molecular weight excluding hydrogens is 322 g/mol. The van der Waals surface area contributed by atoms with Crippen molar-refractivity contribution in [3.63, 3.8) is 0 Å². The zero-order valence-electron chi connectivity index (χ0n) is 12.6. The number of carbonyl (C=O) groups is 2. The lowest BCUT2D eigenvalue weighted by atomic mass is 10.1. The van der Waals surface area contributed by atoms with E-state index < -0.39 is 11.8 Å². The number of rotatable bonds is 6. The Morgan fingerprint density at radius 1 is 1.39 bits per heavy atom. The molecule has 0 aliphatic heterocycles. The van der Waals surface area contributed by atoms with E-state index in [0.29, 0.717) is 5.02 Å². The number of ether oxygens (including phenoxy) is 1. The number of primary amides is 1. The second-order valence-electron chi connectivity index (χ2n) is 5.11. The molecular formula is C15H16ClN3O4. The second-order valence-corrected chi connectivity index (χ2v) is 5.55. The van der Waals surface area contributed by atoms with Crippen LogP contribution in [0.1, 0.15) is 35.8 Å². The van der Waals surface area contributed by atoms with Crippen LogP contribution in [0, 0.1) is 0 Å². The van der Waals surface area contributed by atoms with Crippen molar-refractivity contribution in [2.75, 3.05) is 11.9 Å². The van der Waals surface area contributed by atoms with Crippen LogP contribution in [0.25, 0.3) is 0 Å². The van der Waals surface area contributed by atoms with E-state index in [1.54, 1.807) is 6.07 Å². The molecule has 23 heavy (non-hydrogen) atoms. The summed E-state index contributed by atoms with van der Waals surface area (Å²) in [6, 6.07) is 6.02. The van der Waals surface area contributed by atoms with Gasteiger partial charge in [-0.3, -0.25) is 14.9 Å². The van der Waals surface area contributed by atoms with Crippen molar-refractivity contribution in [2.24, 2.45) is 5.73 Å². The van der Waals surface area contributed by atoms with E-state index in [4.69, 9.17) is 26.6 Å². The zero-order valence-corrected chi connectivity index (χ0v) is 13.4. The minimum absolute atomic E-state index is 0.104. The SMILES string of the molecule is CC(C)c1cc(NC(=O)COc2ccc(Cl)cc2C(N)=O)on1. The zero-order chi connectivity index (χ0) is 17.0. The Balaban J connectivity index is 1.97. The van der Waals surface area contributed by atoms with Crippen LogP contribution >= 0.6 is 11.6 Å². The normalized spacial score (nSPS) is 10.6. The van der Waals surface area contributed by atoms with Crippen LogP contribution in [-0.4, -0.2) is 23.6 Å². The molecule has 1 aromatic carbocycles. The molecule has 0 unspecified atom stereocenters. The number of nitrogens with two attached hydrogens (primary N) is 1. The first-order valence-corrected chi connectivity index (χ1v) is 7.23. The van der Waals surface area contributed by atoms with E-state index in [2.05, 4.69) is 10.5 Å². The van der Waals surface area contributed by atoms with Crippen molar-refractivity contribution in [2.45, 2.75) is 19.8 Å². The van der Waals surface area contributed by atoms with Gasteiger partial charge in [0.15, 0.2) is 6.61 Å². The maximum atomic E-state index is 11.8. The number of nitrogens with zero attached hydrogens (tertiary/aromatic N) is 1. The van der Waals surface area contributed by atoms with Crippen LogP contribution < -0.4 is 15.8 Å². The van der Waals surface area contributed by atoms with E-state index in [0.717, 1.165) is 5.69 Å². The smallest absolute Gasteiger partial charge is 0.264 e. The first-order valence-electron chi connectivity index (χ1n) is 6.85. The third-order valence-corrected chi connectivity index (χ3v) is 3.18. The molecule has 1 heterocycles. The van der Waals surface area contributed by atoms with Gasteiger partial charge in [0.25, 0.3) is 11.8 Å². The van der Waals surface area contributed by atoms with Gasteiger partial charge in [-0.15, -0.1) is 0 Å². The largest absolute Gasteiger partial charge is 0.483 e. The summed E-state index contributed by atoms with van der Waals surface area (Å²) in [5.74, 6) is -0.555. The van der Waals surface area contributed by atoms with Crippen LogP contribution in [-0.2, 0) is 4.79 Å². The number of aromatic nitrogens is 1. The molecule has 0 spiro atoms. The van der Waals surface area contributed by atoms with Crippen molar-refractivity contribution in [3.8, 4) is 5.75 Å². The molecule has 8 heteroatoms. The number of anilines is 1. The average molecular weight is 338 g/mol. The van der Waals surface area contributed by atoms with Gasteiger partial charge >= 0.3 is 0 Å². The van der Waals surface area contributed by atoms with Crippen molar-refractivity contribution >= 4 is 29.3 Å². The molecule has 1 aromatic heterocycles. The summed E-state index contributed by atoms with van der Waals surface area (Å²) in [5, 5.41) is 6.69. The summed E-state index contributed by atoms with van der Waals surface area (Å²) < 4.78 is 10.3. The van der Waals surface area contributed by atoms with Crippen LogP contribution in [0.5, 0.6) is 5.75 Å². The molecule has 122 valence electrons. The van der Waals surface area contributed by atoms with E-state index >= 15 is 0 Å². The van der Waals surface area contributed by atoms with E-state index in [9.17, 15) is 9.59 Å². The van der Waals surface area contributed by atoms with Crippen molar-refractivity contribution in [1.29, 1.82) is 0 Å². The fourth-order valence-corrected chi connectivity index (χ4v) is 1.93. The molecule has 2 rings (SSSR count). The van der Waals surface area contributed by atoms with Crippen LogP contribution in [0.2, 0.25) is 5.02 Å². The highest BCUT2D eigenvalue weighted by atomic mass is 35.5. The third kappa shape index (κ3) is 4.46. The highest BCUT2D eigenvalue weighted by Crippen LogP contribution is 2.22. The number of hydrogen-bond donors (Lipinski definition) is 2. The minimum atomic E-state index is -0.695. The lowest BCUT2D eigenvalue weighted by Gasteiger charge is -2.09. The molecule has 0 atom stereocenters. The maximum Gasteiger partial charge on any atom is 0.264 e. The first kappa shape index (κ1) is 16.8. The Morgan fingerprint density at radius 3 is 2.74 bits per heavy atom. The van der Waals surface area contributed by atoms with Crippen LogP contribution in [0.4, 0.5) is 5.88 Å². The van der Waals surface area contributed by atoms with Gasteiger partial charge in [0.1, 0.15) is 5.75 Å². The van der Waals surface area contributed by atoms with Gasteiger partial charge in [0.05, 0.1) is 11.3 Å². The van der Waals surface area contributed by atoms with Crippen LogP contribution in [0.3, 0.4) is 0 Å². The number of hydrogen-bond acceptors (Lipinski definition) is 5. The predicted molar refractivity (Wildman–Crippen MR) is 84.7 cm³/mol. The van der Waals surface area contributed by atoms with Gasteiger partial charge in [0.2, 0.25) is 5.88 Å².